The second-order valence-corrected chi connectivity index (χ2v) is 4.38. The molecule has 0 aliphatic carbocycles. The molecule has 1 atom stereocenters. The molecule has 0 aromatic heterocycles. The van der Waals surface area contributed by atoms with Crippen molar-refractivity contribution in [2.75, 3.05) is 0 Å². The van der Waals surface area contributed by atoms with Gasteiger partial charge >= 0.3 is 18.0 Å². The second kappa shape index (κ2) is 7.34. The van der Waals surface area contributed by atoms with E-state index in [2.05, 4.69) is 10.6 Å². The highest BCUT2D eigenvalue weighted by Gasteiger charge is 2.22. The average molecular weight is 301 g/mol. The summed E-state index contributed by atoms with van der Waals surface area (Å²) in [4.78, 5) is 32.7. The van der Waals surface area contributed by atoms with Crippen LogP contribution >= 0.6 is 11.6 Å². The number of benzene rings is 1. The van der Waals surface area contributed by atoms with Crippen LogP contribution in [0.4, 0.5) is 4.79 Å². The van der Waals surface area contributed by atoms with Gasteiger partial charge in [-0.25, -0.2) is 9.59 Å². The Morgan fingerprint density at radius 2 is 1.75 bits per heavy atom. The van der Waals surface area contributed by atoms with Crippen molar-refractivity contribution >= 4 is 29.6 Å². The molecule has 0 heterocycles. The molecule has 0 bridgehead atoms. The lowest BCUT2D eigenvalue weighted by Crippen LogP contribution is -2.46. The quantitative estimate of drug-likeness (QED) is 0.627. The van der Waals surface area contributed by atoms with Gasteiger partial charge in [0.05, 0.1) is 6.42 Å². The number of hydrogen-bond acceptors (Lipinski definition) is 3. The molecule has 2 amide bonds. The van der Waals surface area contributed by atoms with Gasteiger partial charge in [0, 0.05) is 11.6 Å². The topological polar surface area (TPSA) is 116 Å². The van der Waals surface area contributed by atoms with Crippen molar-refractivity contribution in [1.29, 1.82) is 0 Å². The molecule has 1 aromatic carbocycles. The molecular formula is C12H13ClN2O5. The summed E-state index contributed by atoms with van der Waals surface area (Å²) >= 11 is 5.71. The van der Waals surface area contributed by atoms with Crippen molar-refractivity contribution in [2.45, 2.75) is 19.0 Å². The fourth-order valence-corrected chi connectivity index (χ4v) is 1.49. The monoisotopic (exact) mass is 300 g/mol. The van der Waals surface area contributed by atoms with E-state index in [0.29, 0.717) is 5.02 Å². The van der Waals surface area contributed by atoms with Crippen molar-refractivity contribution < 1.29 is 24.6 Å². The molecule has 1 rings (SSSR count). The molecule has 20 heavy (non-hydrogen) atoms. The molecule has 8 heteroatoms. The predicted molar refractivity (Wildman–Crippen MR) is 70.5 cm³/mol. The molecule has 0 aliphatic heterocycles. The molecule has 1 aromatic rings. The molecule has 108 valence electrons. The lowest BCUT2D eigenvalue weighted by molar-refractivity contribution is -0.145. The van der Waals surface area contributed by atoms with Crippen LogP contribution in [0.3, 0.4) is 0 Å². The fraction of sp³-hybridized carbons (Fsp3) is 0.250. The summed E-state index contributed by atoms with van der Waals surface area (Å²) in [5, 5.41) is 22.4. The minimum atomic E-state index is -1.47. The highest BCUT2D eigenvalue weighted by atomic mass is 35.5. The van der Waals surface area contributed by atoms with Crippen LogP contribution in [0.5, 0.6) is 0 Å². The van der Waals surface area contributed by atoms with Crippen molar-refractivity contribution in [3.63, 3.8) is 0 Å². The lowest BCUT2D eigenvalue weighted by Gasteiger charge is -2.13. The van der Waals surface area contributed by atoms with Crippen LogP contribution < -0.4 is 10.6 Å². The van der Waals surface area contributed by atoms with Crippen LogP contribution in [-0.2, 0) is 16.1 Å². The third-order valence-corrected chi connectivity index (χ3v) is 2.60. The van der Waals surface area contributed by atoms with Gasteiger partial charge in [-0.3, -0.25) is 4.79 Å². The Morgan fingerprint density at radius 3 is 2.25 bits per heavy atom. The minimum Gasteiger partial charge on any atom is -0.481 e. The molecule has 4 N–H and O–H groups in total. The normalized spacial score (nSPS) is 11.4. The Kier molecular flexibility index (Phi) is 5.79. The van der Waals surface area contributed by atoms with Crippen LogP contribution in [0.25, 0.3) is 0 Å². The maximum absolute atomic E-state index is 11.5. The Bertz CT molecular complexity index is 503. The first-order valence-electron chi connectivity index (χ1n) is 5.62. The first-order valence-corrected chi connectivity index (χ1v) is 5.99. The van der Waals surface area contributed by atoms with Crippen LogP contribution in [0, 0.1) is 0 Å². The number of carboxylic acids is 2. The zero-order valence-electron chi connectivity index (χ0n) is 10.3. The van der Waals surface area contributed by atoms with Gasteiger partial charge in [-0.2, -0.15) is 0 Å². The van der Waals surface area contributed by atoms with Gasteiger partial charge in [-0.1, -0.05) is 23.7 Å². The van der Waals surface area contributed by atoms with E-state index in [1.165, 1.54) is 0 Å². The van der Waals surface area contributed by atoms with Crippen LogP contribution in [0.2, 0.25) is 5.02 Å². The number of amides is 2. The Labute approximate surface area is 119 Å². The van der Waals surface area contributed by atoms with Crippen LogP contribution in [0.1, 0.15) is 12.0 Å². The zero-order valence-corrected chi connectivity index (χ0v) is 11.1. The molecule has 7 nitrogen and oxygen atoms in total. The third-order valence-electron chi connectivity index (χ3n) is 2.35. The molecule has 0 spiro atoms. The maximum atomic E-state index is 11.5. The van der Waals surface area contributed by atoms with Crippen molar-refractivity contribution in [2.24, 2.45) is 0 Å². The smallest absolute Gasteiger partial charge is 0.326 e. The van der Waals surface area contributed by atoms with Gasteiger partial charge in [0.1, 0.15) is 6.04 Å². The van der Waals surface area contributed by atoms with Crippen molar-refractivity contribution in [1.82, 2.24) is 10.6 Å². The Morgan fingerprint density at radius 1 is 1.15 bits per heavy atom. The van der Waals surface area contributed by atoms with E-state index in [4.69, 9.17) is 21.8 Å². The van der Waals surface area contributed by atoms with Gasteiger partial charge in [-0.05, 0) is 17.7 Å². The maximum Gasteiger partial charge on any atom is 0.326 e. The minimum absolute atomic E-state index is 0.169. The largest absolute Gasteiger partial charge is 0.481 e. The van der Waals surface area contributed by atoms with E-state index in [1.54, 1.807) is 24.3 Å². The van der Waals surface area contributed by atoms with Crippen LogP contribution in [-0.4, -0.2) is 34.2 Å². The number of rotatable bonds is 6. The first-order chi connectivity index (χ1) is 9.38. The number of nitrogens with one attached hydrogen (secondary N) is 2. The predicted octanol–water partition coefficient (Wildman–Crippen LogP) is 1.07. The highest BCUT2D eigenvalue weighted by Crippen LogP contribution is 2.09. The van der Waals surface area contributed by atoms with E-state index in [-0.39, 0.29) is 6.54 Å². The summed E-state index contributed by atoms with van der Waals surface area (Å²) in [5.41, 5.74) is 0.773. The fourth-order valence-electron chi connectivity index (χ4n) is 1.37. The molecular weight excluding hydrogens is 288 g/mol. The molecule has 0 saturated carbocycles. The van der Waals surface area contributed by atoms with Gasteiger partial charge in [0.25, 0.3) is 0 Å². The molecule has 0 aliphatic rings. The summed E-state index contributed by atoms with van der Waals surface area (Å²) in [7, 11) is 0. The summed E-state index contributed by atoms with van der Waals surface area (Å²) in [6.07, 6.45) is -0.691. The highest BCUT2D eigenvalue weighted by molar-refractivity contribution is 6.30. The first kappa shape index (κ1) is 15.8. The van der Waals surface area contributed by atoms with Gasteiger partial charge in [-0.15, -0.1) is 0 Å². The zero-order chi connectivity index (χ0) is 15.1. The SMILES string of the molecule is O=C(O)C[C@H](NC(=O)NCc1ccc(Cl)cc1)C(=O)O. The summed E-state index contributed by atoms with van der Waals surface area (Å²) in [6, 6.07) is 4.48. The van der Waals surface area contributed by atoms with E-state index < -0.39 is 30.4 Å². The number of carbonyl (C=O) groups is 3. The van der Waals surface area contributed by atoms with E-state index >= 15 is 0 Å². The standard InChI is InChI=1S/C12H13ClN2O5/c13-8-3-1-7(2-4-8)6-14-12(20)15-9(11(18)19)5-10(16)17/h1-4,9H,5-6H2,(H,16,17)(H,18,19)(H2,14,15,20)/t9-/m0/s1. The number of halogens is 1. The van der Waals surface area contributed by atoms with Gasteiger partial charge in [0.2, 0.25) is 0 Å². The molecule has 0 saturated heterocycles. The molecule has 0 radical (unpaired) electrons. The van der Waals surface area contributed by atoms with E-state index in [1.807, 2.05) is 0 Å². The lowest BCUT2D eigenvalue weighted by atomic mass is 10.2. The summed E-state index contributed by atoms with van der Waals surface area (Å²) in [5.74, 6) is -2.72. The number of urea groups is 1. The summed E-state index contributed by atoms with van der Waals surface area (Å²) in [6.45, 7) is 0.169. The van der Waals surface area contributed by atoms with Gasteiger partial charge < -0.3 is 20.8 Å². The Hall–Kier alpha value is -2.28. The third kappa shape index (κ3) is 5.57. The average Bonchev–Trinajstić information content (AvgIpc) is 2.36. The van der Waals surface area contributed by atoms with Crippen molar-refractivity contribution in [3.8, 4) is 0 Å². The van der Waals surface area contributed by atoms with Crippen molar-refractivity contribution in [3.05, 3.63) is 34.9 Å². The summed E-state index contributed by atoms with van der Waals surface area (Å²) < 4.78 is 0. The second-order valence-electron chi connectivity index (χ2n) is 3.94. The number of aliphatic carboxylic acids is 2. The number of hydrogen-bond donors (Lipinski definition) is 4. The number of carbonyl (C=O) groups excluding carboxylic acids is 1. The molecule has 0 fully saturated rings. The Balaban J connectivity index is 2.47. The molecule has 0 unspecified atom stereocenters. The van der Waals surface area contributed by atoms with Gasteiger partial charge in [0.15, 0.2) is 0 Å². The van der Waals surface area contributed by atoms with E-state index in [9.17, 15) is 14.4 Å². The number of carboxylic acid groups (broad SMARTS) is 2. The van der Waals surface area contributed by atoms with Crippen LogP contribution in [0.15, 0.2) is 24.3 Å². The van der Waals surface area contributed by atoms with E-state index in [0.717, 1.165) is 5.56 Å².